The molecule has 0 spiro atoms. The Morgan fingerprint density at radius 2 is 1.39 bits per heavy atom. The zero-order valence-corrected chi connectivity index (χ0v) is 15.5. The number of hydrogen-bond acceptors (Lipinski definition) is 5. The van der Waals surface area contributed by atoms with E-state index in [2.05, 4.69) is 4.90 Å². The predicted molar refractivity (Wildman–Crippen MR) is 92.7 cm³/mol. The Morgan fingerprint density at radius 1 is 0.957 bits per heavy atom. The summed E-state index contributed by atoms with van der Waals surface area (Å²) in [6, 6.07) is 3.95. The fraction of sp³-hybridized carbons (Fsp3) is 0.647. The molecule has 0 amide bonds. The highest BCUT2D eigenvalue weighted by Crippen LogP contribution is 2.37. The molecule has 0 N–H and O–H groups in total. The van der Waals surface area contributed by atoms with Gasteiger partial charge >= 0.3 is 7.12 Å². The van der Waals surface area contributed by atoms with E-state index >= 15 is 0 Å². The van der Waals surface area contributed by atoms with E-state index in [0.717, 1.165) is 29.1 Å². The van der Waals surface area contributed by atoms with Crippen LogP contribution < -0.4 is 14.9 Å². The monoisotopic (exact) mass is 321 g/mol. The van der Waals surface area contributed by atoms with E-state index < -0.39 is 7.12 Å². The molecule has 0 atom stereocenters. The third-order valence-corrected chi connectivity index (χ3v) is 4.63. The molecule has 0 aliphatic carbocycles. The highest BCUT2D eigenvalue weighted by molar-refractivity contribution is 6.62. The molecule has 0 aromatic heterocycles. The van der Waals surface area contributed by atoms with Gasteiger partial charge in [0.15, 0.2) is 0 Å². The second-order valence-corrected chi connectivity index (χ2v) is 7.23. The first-order valence-corrected chi connectivity index (χ1v) is 7.86. The van der Waals surface area contributed by atoms with Gasteiger partial charge in [-0.1, -0.05) is 0 Å². The molecule has 6 heteroatoms. The maximum Gasteiger partial charge on any atom is 0.495 e. The Balaban J connectivity index is 2.42. The van der Waals surface area contributed by atoms with Gasteiger partial charge < -0.3 is 23.7 Å². The third kappa shape index (κ3) is 3.49. The summed E-state index contributed by atoms with van der Waals surface area (Å²) in [5.74, 6) is 1.56. The lowest BCUT2D eigenvalue weighted by atomic mass is 9.78. The van der Waals surface area contributed by atoms with Crippen molar-refractivity contribution in [2.24, 2.45) is 0 Å². The van der Waals surface area contributed by atoms with E-state index in [1.807, 2.05) is 53.9 Å². The minimum Gasteiger partial charge on any atom is -0.496 e. The van der Waals surface area contributed by atoms with Crippen LogP contribution in [-0.2, 0) is 15.9 Å². The van der Waals surface area contributed by atoms with Crippen molar-refractivity contribution in [1.82, 2.24) is 4.90 Å². The summed E-state index contributed by atoms with van der Waals surface area (Å²) in [4.78, 5) is 2.08. The standard InChI is InChI=1S/C17H28BNO4/c1-16(2)17(3,4)23-18(22-16)12-9-14(20-7)13(11-19(5)6)15(10-12)21-8/h9-10H,11H2,1-8H3. The molecule has 1 aromatic carbocycles. The first kappa shape index (κ1) is 18.1. The number of hydrogen-bond donors (Lipinski definition) is 0. The predicted octanol–water partition coefficient (Wildman–Crippen LogP) is 2.06. The Labute approximate surface area is 140 Å². The summed E-state index contributed by atoms with van der Waals surface area (Å²) in [5, 5.41) is 0. The molecule has 1 fully saturated rings. The average Bonchev–Trinajstić information content (AvgIpc) is 2.67. The van der Waals surface area contributed by atoms with Gasteiger partial charge in [-0.15, -0.1) is 0 Å². The summed E-state index contributed by atoms with van der Waals surface area (Å²) in [6.45, 7) is 8.91. The van der Waals surface area contributed by atoms with Gasteiger partial charge in [0.25, 0.3) is 0 Å². The van der Waals surface area contributed by atoms with Crippen LogP contribution in [0.25, 0.3) is 0 Å². The van der Waals surface area contributed by atoms with Crippen molar-refractivity contribution in [1.29, 1.82) is 0 Å². The molecule has 1 aliphatic rings. The number of rotatable bonds is 5. The average molecular weight is 321 g/mol. The summed E-state index contributed by atoms with van der Waals surface area (Å²) in [7, 11) is 6.93. The van der Waals surface area contributed by atoms with Crippen molar-refractivity contribution in [3.8, 4) is 11.5 Å². The van der Waals surface area contributed by atoms with Crippen LogP contribution in [0.2, 0.25) is 0 Å². The fourth-order valence-electron chi connectivity index (χ4n) is 2.59. The second-order valence-electron chi connectivity index (χ2n) is 7.23. The normalized spacial score (nSPS) is 19.3. The van der Waals surface area contributed by atoms with E-state index in [4.69, 9.17) is 18.8 Å². The van der Waals surface area contributed by atoms with Gasteiger partial charge in [0.2, 0.25) is 0 Å². The molecule has 23 heavy (non-hydrogen) atoms. The molecule has 1 saturated heterocycles. The maximum atomic E-state index is 6.13. The molecule has 0 radical (unpaired) electrons. The highest BCUT2D eigenvalue weighted by atomic mass is 16.7. The Hall–Kier alpha value is -1.24. The van der Waals surface area contributed by atoms with Crippen LogP contribution in [-0.4, -0.2) is 51.5 Å². The summed E-state index contributed by atoms with van der Waals surface area (Å²) in [5.41, 5.74) is 1.17. The lowest BCUT2D eigenvalue weighted by Gasteiger charge is -2.32. The van der Waals surface area contributed by atoms with E-state index in [-0.39, 0.29) is 11.2 Å². The summed E-state index contributed by atoms with van der Waals surface area (Å²) in [6.07, 6.45) is 0. The van der Waals surface area contributed by atoms with Gasteiger partial charge in [-0.05, 0) is 59.4 Å². The second kappa shape index (κ2) is 6.34. The number of benzene rings is 1. The van der Waals surface area contributed by atoms with Crippen LogP contribution in [0.15, 0.2) is 12.1 Å². The zero-order valence-electron chi connectivity index (χ0n) is 15.5. The minimum atomic E-state index is -0.434. The minimum absolute atomic E-state index is 0.375. The first-order chi connectivity index (χ1) is 10.6. The van der Waals surface area contributed by atoms with Crippen molar-refractivity contribution in [3.63, 3.8) is 0 Å². The van der Waals surface area contributed by atoms with Gasteiger partial charge in [0.1, 0.15) is 11.5 Å². The SMILES string of the molecule is COc1cc(B2OC(C)(C)C(C)(C)O2)cc(OC)c1CN(C)C. The summed E-state index contributed by atoms with van der Waals surface area (Å²) >= 11 is 0. The molecule has 0 saturated carbocycles. The number of nitrogens with zero attached hydrogens (tertiary/aromatic N) is 1. The Kier molecular flexibility index (Phi) is 4.99. The molecule has 128 valence electrons. The zero-order chi connectivity index (χ0) is 17.4. The highest BCUT2D eigenvalue weighted by Gasteiger charge is 2.52. The molecular weight excluding hydrogens is 293 g/mol. The molecular formula is C17H28BNO4. The Morgan fingerprint density at radius 3 is 1.74 bits per heavy atom. The van der Waals surface area contributed by atoms with Crippen molar-refractivity contribution in [2.75, 3.05) is 28.3 Å². The van der Waals surface area contributed by atoms with Crippen LogP contribution in [0, 0.1) is 0 Å². The molecule has 2 rings (SSSR count). The van der Waals surface area contributed by atoms with E-state index in [0.29, 0.717) is 0 Å². The van der Waals surface area contributed by atoms with Crippen LogP contribution in [0.3, 0.4) is 0 Å². The maximum absolute atomic E-state index is 6.13. The van der Waals surface area contributed by atoms with Gasteiger partial charge in [0, 0.05) is 6.54 Å². The molecule has 1 aromatic rings. The van der Waals surface area contributed by atoms with Gasteiger partial charge in [-0.25, -0.2) is 0 Å². The first-order valence-electron chi connectivity index (χ1n) is 7.86. The topological polar surface area (TPSA) is 40.2 Å². The van der Waals surface area contributed by atoms with Crippen LogP contribution >= 0.6 is 0 Å². The van der Waals surface area contributed by atoms with Crippen LogP contribution in [0.4, 0.5) is 0 Å². The van der Waals surface area contributed by atoms with Gasteiger partial charge in [-0.3, -0.25) is 0 Å². The van der Waals surface area contributed by atoms with E-state index in [1.165, 1.54) is 0 Å². The smallest absolute Gasteiger partial charge is 0.495 e. The fourth-order valence-corrected chi connectivity index (χ4v) is 2.59. The third-order valence-electron chi connectivity index (χ3n) is 4.63. The van der Waals surface area contributed by atoms with Crippen molar-refractivity contribution in [3.05, 3.63) is 17.7 Å². The molecule has 1 heterocycles. The van der Waals surface area contributed by atoms with Crippen molar-refractivity contribution in [2.45, 2.75) is 45.4 Å². The lowest BCUT2D eigenvalue weighted by molar-refractivity contribution is 0.00578. The molecule has 1 aliphatic heterocycles. The van der Waals surface area contributed by atoms with Gasteiger partial charge in [-0.2, -0.15) is 0 Å². The van der Waals surface area contributed by atoms with Gasteiger partial charge in [0.05, 0.1) is 31.0 Å². The van der Waals surface area contributed by atoms with Crippen LogP contribution in [0.5, 0.6) is 11.5 Å². The largest absolute Gasteiger partial charge is 0.496 e. The number of ether oxygens (including phenoxy) is 2. The quantitative estimate of drug-likeness (QED) is 0.777. The van der Waals surface area contributed by atoms with E-state index in [1.54, 1.807) is 14.2 Å². The number of methoxy groups -OCH3 is 2. The summed E-state index contributed by atoms with van der Waals surface area (Å²) < 4.78 is 23.4. The molecule has 0 unspecified atom stereocenters. The molecule has 5 nitrogen and oxygen atoms in total. The Bertz CT molecular complexity index is 531. The molecule has 0 bridgehead atoms. The lowest BCUT2D eigenvalue weighted by Crippen LogP contribution is -2.41. The van der Waals surface area contributed by atoms with Crippen molar-refractivity contribution >= 4 is 12.6 Å². The van der Waals surface area contributed by atoms with E-state index in [9.17, 15) is 0 Å². The van der Waals surface area contributed by atoms with Crippen molar-refractivity contribution < 1.29 is 18.8 Å². The van der Waals surface area contributed by atoms with Crippen LogP contribution in [0.1, 0.15) is 33.3 Å².